The zero-order valence-electron chi connectivity index (χ0n) is 24.8. The van der Waals surface area contributed by atoms with E-state index in [1.54, 1.807) is 18.6 Å². The Balaban J connectivity index is 1.16. The van der Waals surface area contributed by atoms with E-state index in [-0.39, 0.29) is 5.91 Å². The summed E-state index contributed by atoms with van der Waals surface area (Å²) in [7, 11) is 4.10. The Hall–Kier alpha value is -4.31. The van der Waals surface area contributed by atoms with Gasteiger partial charge in [0.25, 0.3) is 5.91 Å². The molecule has 6 aromatic rings. The number of aryl methyl sites for hydroxylation is 2. The third kappa shape index (κ3) is 4.29. The molecule has 2 N–H and O–H groups in total. The number of carbonyl (C=O) groups excluding carboxylic acids is 1. The molecule has 44 heavy (non-hydrogen) atoms. The Morgan fingerprint density at radius 1 is 0.977 bits per heavy atom. The van der Waals surface area contributed by atoms with Gasteiger partial charge in [-0.1, -0.05) is 25.0 Å². The number of nitrogens with one attached hydrogen (secondary N) is 2. The summed E-state index contributed by atoms with van der Waals surface area (Å²) in [5, 5.41) is 11.7. The summed E-state index contributed by atoms with van der Waals surface area (Å²) >= 11 is 3.47. The molecule has 1 amide bonds. The molecule has 9 nitrogen and oxygen atoms in total. The Morgan fingerprint density at radius 2 is 1.77 bits per heavy atom. The average Bonchev–Trinajstić information content (AvgIpc) is 3.83. The maximum absolute atomic E-state index is 14.0. The lowest BCUT2D eigenvalue weighted by molar-refractivity contribution is 0.0805. The van der Waals surface area contributed by atoms with Crippen molar-refractivity contribution in [1.82, 2.24) is 39.6 Å². The van der Waals surface area contributed by atoms with Gasteiger partial charge in [0.2, 0.25) is 0 Å². The monoisotopic (exact) mass is 648 g/mol. The van der Waals surface area contributed by atoms with E-state index in [9.17, 15) is 4.79 Å². The molecule has 2 fully saturated rings. The first-order valence-electron chi connectivity index (χ1n) is 15.3. The molecular formula is C34H33BrN8O. The predicted molar refractivity (Wildman–Crippen MR) is 174 cm³/mol. The highest BCUT2D eigenvalue weighted by atomic mass is 79.9. The molecule has 0 atom stereocenters. The molecule has 4 aromatic heterocycles. The van der Waals surface area contributed by atoms with Gasteiger partial charge in [0.1, 0.15) is 5.82 Å². The van der Waals surface area contributed by atoms with Crippen molar-refractivity contribution in [3.8, 4) is 22.8 Å². The molecule has 4 heterocycles. The van der Waals surface area contributed by atoms with Crippen LogP contribution >= 0.6 is 15.9 Å². The number of benzene rings is 2. The quantitative estimate of drug-likeness (QED) is 0.200. The van der Waals surface area contributed by atoms with Gasteiger partial charge in [-0.05, 0) is 89.8 Å². The highest BCUT2D eigenvalue weighted by molar-refractivity contribution is 9.10. The van der Waals surface area contributed by atoms with E-state index in [4.69, 9.17) is 4.98 Å². The van der Waals surface area contributed by atoms with Crippen LogP contribution in [0.15, 0.2) is 65.5 Å². The number of halogens is 1. The second-order valence-electron chi connectivity index (χ2n) is 12.3. The van der Waals surface area contributed by atoms with E-state index in [1.807, 2.05) is 31.3 Å². The van der Waals surface area contributed by atoms with Crippen molar-refractivity contribution in [1.29, 1.82) is 0 Å². The van der Waals surface area contributed by atoms with Gasteiger partial charge in [-0.3, -0.25) is 9.89 Å². The van der Waals surface area contributed by atoms with Crippen LogP contribution in [0.2, 0.25) is 0 Å². The van der Waals surface area contributed by atoms with Crippen LogP contribution in [-0.4, -0.2) is 40.2 Å². The first-order chi connectivity index (χ1) is 21.4. The third-order valence-electron chi connectivity index (χ3n) is 9.78. The highest BCUT2D eigenvalue weighted by Gasteiger charge is 2.44. The van der Waals surface area contributed by atoms with Gasteiger partial charge in [0.05, 0.1) is 32.4 Å². The number of aromatic amines is 1. The van der Waals surface area contributed by atoms with Crippen LogP contribution in [0, 0.1) is 0 Å². The van der Waals surface area contributed by atoms with E-state index in [1.165, 1.54) is 23.8 Å². The van der Waals surface area contributed by atoms with Crippen LogP contribution in [-0.2, 0) is 19.6 Å². The van der Waals surface area contributed by atoms with Crippen LogP contribution < -0.4 is 5.32 Å². The summed E-state index contributed by atoms with van der Waals surface area (Å²) < 4.78 is 5.16. The van der Waals surface area contributed by atoms with Crippen molar-refractivity contribution in [3.63, 3.8) is 0 Å². The van der Waals surface area contributed by atoms with Gasteiger partial charge in [0, 0.05) is 54.7 Å². The molecule has 2 aliphatic rings. The van der Waals surface area contributed by atoms with Gasteiger partial charge in [0.15, 0.2) is 5.82 Å². The van der Waals surface area contributed by atoms with E-state index < -0.39 is 5.54 Å². The standard InChI is InChI=1S/C34H33BrN8O/c1-42-27-17-22(8-10-24(27)29(20-6-3-4-7-20)30(42)31-36-18-23(35)19-37-31)32(44)40-34(13-5-14-34)33-39-26-11-9-21(16-28(26)43(33)2)25-12-15-38-41-25/h8-12,15-20H,3-7,13-14H2,1-2H3,(H,38,41)(H,40,44). The normalized spacial score (nSPS) is 16.5. The summed E-state index contributed by atoms with van der Waals surface area (Å²) in [4.78, 5) is 28.4. The number of imidazole rings is 1. The number of rotatable bonds is 6. The van der Waals surface area contributed by atoms with Gasteiger partial charge in [-0.15, -0.1) is 0 Å². The number of amides is 1. The lowest BCUT2D eigenvalue weighted by Gasteiger charge is -2.41. The van der Waals surface area contributed by atoms with Crippen LogP contribution in [0.1, 0.15) is 72.6 Å². The molecule has 0 bridgehead atoms. The van der Waals surface area contributed by atoms with Crippen molar-refractivity contribution in [2.45, 2.75) is 56.4 Å². The minimum atomic E-state index is -0.506. The summed E-state index contributed by atoms with van der Waals surface area (Å²) in [5.41, 5.74) is 7.47. The third-order valence-corrected chi connectivity index (χ3v) is 10.2. The largest absolute Gasteiger partial charge is 0.341 e. The predicted octanol–water partition coefficient (Wildman–Crippen LogP) is 7.14. The number of H-pyrrole nitrogens is 1. The molecular weight excluding hydrogens is 616 g/mol. The van der Waals surface area contributed by atoms with Crippen LogP contribution in [0.25, 0.3) is 44.7 Å². The van der Waals surface area contributed by atoms with Crippen molar-refractivity contribution in [3.05, 3.63) is 82.5 Å². The molecule has 222 valence electrons. The highest BCUT2D eigenvalue weighted by Crippen LogP contribution is 2.45. The van der Waals surface area contributed by atoms with E-state index >= 15 is 0 Å². The zero-order valence-corrected chi connectivity index (χ0v) is 26.4. The van der Waals surface area contributed by atoms with Crippen LogP contribution in [0.5, 0.6) is 0 Å². The van der Waals surface area contributed by atoms with Crippen LogP contribution in [0.3, 0.4) is 0 Å². The van der Waals surface area contributed by atoms with Gasteiger partial charge < -0.3 is 14.5 Å². The Morgan fingerprint density at radius 3 is 2.48 bits per heavy atom. The van der Waals surface area contributed by atoms with E-state index in [0.29, 0.717) is 17.3 Å². The van der Waals surface area contributed by atoms with Crippen molar-refractivity contribution in [2.75, 3.05) is 0 Å². The van der Waals surface area contributed by atoms with E-state index in [0.717, 1.165) is 75.9 Å². The molecule has 8 rings (SSSR count). The van der Waals surface area contributed by atoms with Crippen molar-refractivity contribution < 1.29 is 4.79 Å². The lowest BCUT2D eigenvalue weighted by Crippen LogP contribution is -2.52. The molecule has 2 aromatic carbocycles. The van der Waals surface area contributed by atoms with Crippen molar-refractivity contribution in [2.24, 2.45) is 14.1 Å². The smallest absolute Gasteiger partial charge is 0.252 e. The number of hydrogen-bond donors (Lipinski definition) is 2. The number of carbonyl (C=O) groups is 1. The molecule has 0 saturated heterocycles. The van der Waals surface area contributed by atoms with Crippen LogP contribution in [0.4, 0.5) is 0 Å². The number of fused-ring (bicyclic) bond motifs is 2. The summed E-state index contributed by atoms with van der Waals surface area (Å²) in [6, 6.07) is 14.3. The molecule has 0 unspecified atom stereocenters. The maximum Gasteiger partial charge on any atom is 0.252 e. The molecule has 0 aliphatic heterocycles. The first kappa shape index (κ1) is 27.3. The Labute approximate surface area is 263 Å². The zero-order chi connectivity index (χ0) is 30.0. The van der Waals surface area contributed by atoms with Gasteiger partial charge >= 0.3 is 0 Å². The minimum absolute atomic E-state index is 0.0816. The fraction of sp³-hybridized carbons (Fsp3) is 0.324. The van der Waals surface area contributed by atoms with Crippen molar-refractivity contribution >= 4 is 43.8 Å². The number of aromatic nitrogens is 7. The molecule has 0 radical (unpaired) electrons. The fourth-order valence-corrected chi connectivity index (χ4v) is 7.57. The molecule has 2 saturated carbocycles. The summed E-state index contributed by atoms with van der Waals surface area (Å²) in [6.45, 7) is 0. The minimum Gasteiger partial charge on any atom is -0.341 e. The topological polar surface area (TPSA) is 106 Å². The number of hydrogen-bond acceptors (Lipinski definition) is 5. The lowest BCUT2D eigenvalue weighted by atomic mass is 9.75. The fourth-order valence-electron chi connectivity index (χ4n) is 7.37. The molecule has 0 spiro atoms. The SMILES string of the molecule is Cn1c(C2(NC(=O)c3ccc4c(C5CCCC5)c(-c5ncc(Br)cn5)n(C)c4c3)CCC2)nc2ccc(-c3ccn[nH]3)cc21. The van der Waals surface area contributed by atoms with Gasteiger partial charge in [-0.2, -0.15) is 5.10 Å². The molecule has 2 aliphatic carbocycles. The maximum atomic E-state index is 14.0. The summed E-state index contributed by atoms with van der Waals surface area (Å²) in [6.07, 6.45) is 12.9. The van der Waals surface area contributed by atoms with Gasteiger partial charge in [-0.25, -0.2) is 15.0 Å². The van der Waals surface area contributed by atoms with E-state index in [2.05, 4.69) is 75.8 Å². The second kappa shape index (κ2) is 10.4. The molecule has 10 heteroatoms. The Kier molecular flexibility index (Phi) is 6.44. The first-order valence-corrected chi connectivity index (χ1v) is 16.1. The summed E-state index contributed by atoms with van der Waals surface area (Å²) in [5.74, 6) is 1.99. The second-order valence-corrected chi connectivity index (χ2v) is 13.2. The Bertz CT molecular complexity index is 2030. The average molecular weight is 650 g/mol. The number of nitrogens with zero attached hydrogens (tertiary/aromatic N) is 6.